The molecule has 0 bridgehead atoms. The monoisotopic (exact) mass is 378 g/mol. The van der Waals surface area contributed by atoms with E-state index < -0.39 is 0 Å². The molecule has 146 valence electrons. The number of hydrogen-bond donors (Lipinski definition) is 0. The summed E-state index contributed by atoms with van der Waals surface area (Å²) in [5.74, 6) is 1.01. The van der Waals surface area contributed by atoms with Gasteiger partial charge in [-0.3, -0.25) is 14.7 Å². The van der Waals surface area contributed by atoms with Crippen LogP contribution < -0.4 is 4.74 Å². The number of nitrogens with zero attached hydrogens (tertiary/aromatic N) is 4. The number of fused-ring (bicyclic) bond motifs is 1. The van der Waals surface area contributed by atoms with Gasteiger partial charge in [-0.15, -0.1) is 0 Å². The largest absolute Gasteiger partial charge is 0.496 e. The fourth-order valence-electron chi connectivity index (χ4n) is 3.80. The number of hydrogen-bond acceptors (Lipinski definition) is 4. The van der Waals surface area contributed by atoms with Crippen LogP contribution in [-0.4, -0.2) is 65.1 Å². The van der Waals surface area contributed by atoms with Gasteiger partial charge in [0.15, 0.2) is 0 Å². The molecule has 0 unspecified atom stereocenters. The van der Waals surface area contributed by atoms with Crippen LogP contribution in [0.15, 0.2) is 54.9 Å². The summed E-state index contributed by atoms with van der Waals surface area (Å²) in [5.41, 5.74) is 2.15. The Morgan fingerprint density at radius 3 is 2.68 bits per heavy atom. The SMILES string of the molecule is COc1cccc2c1ccn2CC(=O)N1CCN(CCc2ccccn2)CC1. The minimum absolute atomic E-state index is 0.171. The highest BCUT2D eigenvalue weighted by Gasteiger charge is 2.21. The van der Waals surface area contributed by atoms with Crippen LogP contribution in [-0.2, 0) is 17.8 Å². The molecule has 6 nitrogen and oxygen atoms in total. The quantitative estimate of drug-likeness (QED) is 0.661. The fraction of sp³-hybridized carbons (Fsp3) is 0.364. The van der Waals surface area contributed by atoms with Crippen molar-refractivity contribution >= 4 is 16.8 Å². The molecule has 1 fully saturated rings. The summed E-state index contributed by atoms with van der Waals surface area (Å²) in [4.78, 5) is 21.6. The number of carbonyl (C=O) groups is 1. The summed E-state index contributed by atoms with van der Waals surface area (Å²) in [6.45, 7) is 4.75. The normalized spacial score (nSPS) is 15.1. The Labute approximate surface area is 165 Å². The second kappa shape index (κ2) is 8.44. The molecule has 2 aromatic heterocycles. The maximum absolute atomic E-state index is 12.8. The summed E-state index contributed by atoms with van der Waals surface area (Å²) in [7, 11) is 1.67. The van der Waals surface area contributed by atoms with E-state index in [2.05, 4.69) is 16.0 Å². The maximum Gasteiger partial charge on any atom is 0.242 e. The second-order valence-electron chi connectivity index (χ2n) is 7.13. The molecule has 0 atom stereocenters. The minimum atomic E-state index is 0.171. The molecule has 1 aromatic carbocycles. The van der Waals surface area contributed by atoms with Gasteiger partial charge in [0.1, 0.15) is 12.3 Å². The van der Waals surface area contributed by atoms with Crippen LogP contribution >= 0.6 is 0 Å². The van der Waals surface area contributed by atoms with Gasteiger partial charge in [0.05, 0.1) is 12.6 Å². The van der Waals surface area contributed by atoms with Gasteiger partial charge in [0.25, 0.3) is 0 Å². The average molecular weight is 378 g/mol. The van der Waals surface area contributed by atoms with E-state index in [-0.39, 0.29) is 5.91 Å². The number of amides is 1. The number of benzene rings is 1. The van der Waals surface area contributed by atoms with Crippen molar-refractivity contribution < 1.29 is 9.53 Å². The molecule has 0 spiro atoms. The highest BCUT2D eigenvalue weighted by molar-refractivity contribution is 5.88. The Bertz CT molecular complexity index is 930. The summed E-state index contributed by atoms with van der Waals surface area (Å²) in [5, 5.41) is 1.04. The number of methoxy groups -OCH3 is 1. The van der Waals surface area contributed by atoms with Crippen molar-refractivity contribution in [1.29, 1.82) is 0 Å². The summed E-state index contributed by atoms with van der Waals surface area (Å²) < 4.78 is 7.42. The zero-order valence-electron chi connectivity index (χ0n) is 16.3. The number of ether oxygens (including phenoxy) is 1. The highest BCUT2D eigenvalue weighted by atomic mass is 16.5. The van der Waals surface area contributed by atoms with Crippen LogP contribution in [0.25, 0.3) is 10.9 Å². The zero-order valence-corrected chi connectivity index (χ0v) is 16.3. The Balaban J connectivity index is 1.31. The van der Waals surface area contributed by atoms with Crippen molar-refractivity contribution in [2.24, 2.45) is 0 Å². The standard InChI is InChI=1S/C22H26N4O2/c1-28-21-7-4-6-20-19(21)9-12-26(20)17-22(27)25-15-13-24(14-16-25)11-8-18-5-2-3-10-23-18/h2-7,9-10,12H,8,11,13-17H2,1H3. The molecule has 28 heavy (non-hydrogen) atoms. The number of aromatic nitrogens is 2. The third-order valence-corrected chi connectivity index (χ3v) is 5.43. The van der Waals surface area contributed by atoms with Gasteiger partial charge in [-0.25, -0.2) is 0 Å². The van der Waals surface area contributed by atoms with Gasteiger partial charge in [-0.1, -0.05) is 12.1 Å². The van der Waals surface area contributed by atoms with E-state index in [0.29, 0.717) is 6.54 Å². The van der Waals surface area contributed by atoms with Gasteiger partial charge < -0.3 is 14.2 Å². The zero-order chi connectivity index (χ0) is 19.3. The van der Waals surface area contributed by atoms with E-state index in [0.717, 1.165) is 61.5 Å². The van der Waals surface area contributed by atoms with Gasteiger partial charge in [-0.2, -0.15) is 0 Å². The van der Waals surface area contributed by atoms with Crippen molar-refractivity contribution in [2.45, 2.75) is 13.0 Å². The van der Waals surface area contributed by atoms with E-state index in [1.54, 1.807) is 7.11 Å². The summed E-state index contributed by atoms with van der Waals surface area (Å²) in [6.07, 6.45) is 4.76. The van der Waals surface area contributed by atoms with Gasteiger partial charge in [0.2, 0.25) is 5.91 Å². The van der Waals surface area contributed by atoms with Crippen molar-refractivity contribution in [3.63, 3.8) is 0 Å². The van der Waals surface area contributed by atoms with E-state index in [1.165, 1.54) is 0 Å². The number of rotatable bonds is 6. The molecular formula is C22H26N4O2. The fourth-order valence-corrected chi connectivity index (χ4v) is 3.80. The van der Waals surface area contributed by atoms with E-state index in [1.807, 2.05) is 58.3 Å². The Morgan fingerprint density at radius 1 is 1.07 bits per heavy atom. The summed E-state index contributed by atoms with van der Waals surface area (Å²) >= 11 is 0. The molecular weight excluding hydrogens is 352 g/mol. The van der Waals surface area contributed by atoms with Gasteiger partial charge in [0, 0.05) is 62.6 Å². The molecule has 4 rings (SSSR count). The molecule has 1 amide bonds. The third-order valence-electron chi connectivity index (χ3n) is 5.43. The predicted octanol–water partition coefficient (Wildman–Crippen LogP) is 2.43. The number of piperazine rings is 1. The van der Waals surface area contributed by atoms with Crippen molar-refractivity contribution in [1.82, 2.24) is 19.4 Å². The van der Waals surface area contributed by atoms with E-state index in [9.17, 15) is 4.79 Å². The molecule has 1 aliphatic heterocycles. The Morgan fingerprint density at radius 2 is 1.93 bits per heavy atom. The maximum atomic E-state index is 12.8. The molecule has 0 aliphatic carbocycles. The van der Waals surface area contributed by atoms with Crippen molar-refractivity contribution in [3.8, 4) is 5.75 Å². The van der Waals surface area contributed by atoms with Crippen LogP contribution in [0.3, 0.4) is 0 Å². The number of carbonyl (C=O) groups excluding carboxylic acids is 1. The molecule has 0 saturated carbocycles. The molecule has 3 aromatic rings. The Hall–Kier alpha value is -2.86. The lowest BCUT2D eigenvalue weighted by molar-refractivity contribution is -0.133. The summed E-state index contributed by atoms with van der Waals surface area (Å²) in [6, 6.07) is 14.0. The van der Waals surface area contributed by atoms with Crippen LogP contribution in [0, 0.1) is 0 Å². The number of pyridine rings is 1. The molecule has 1 aliphatic rings. The predicted molar refractivity (Wildman–Crippen MR) is 109 cm³/mol. The van der Waals surface area contributed by atoms with Crippen molar-refractivity contribution in [3.05, 3.63) is 60.6 Å². The molecule has 3 heterocycles. The lowest BCUT2D eigenvalue weighted by Crippen LogP contribution is -2.49. The second-order valence-corrected chi connectivity index (χ2v) is 7.13. The first-order valence-corrected chi connectivity index (χ1v) is 9.76. The van der Waals surface area contributed by atoms with Crippen LogP contribution in [0.2, 0.25) is 0 Å². The lowest BCUT2D eigenvalue weighted by Gasteiger charge is -2.34. The highest BCUT2D eigenvalue weighted by Crippen LogP contribution is 2.26. The van der Waals surface area contributed by atoms with Gasteiger partial charge in [-0.05, 0) is 30.3 Å². The van der Waals surface area contributed by atoms with Crippen LogP contribution in [0.1, 0.15) is 5.69 Å². The van der Waals surface area contributed by atoms with Crippen LogP contribution in [0.5, 0.6) is 5.75 Å². The lowest BCUT2D eigenvalue weighted by atomic mass is 10.2. The third kappa shape index (κ3) is 4.02. The topological polar surface area (TPSA) is 50.6 Å². The first-order valence-electron chi connectivity index (χ1n) is 9.76. The van der Waals surface area contributed by atoms with E-state index >= 15 is 0 Å². The van der Waals surface area contributed by atoms with E-state index in [4.69, 9.17) is 4.74 Å². The first-order chi connectivity index (χ1) is 13.7. The molecule has 1 saturated heterocycles. The molecule has 6 heteroatoms. The average Bonchev–Trinajstić information content (AvgIpc) is 3.16. The minimum Gasteiger partial charge on any atom is -0.496 e. The Kier molecular flexibility index (Phi) is 5.58. The molecule has 0 radical (unpaired) electrons. The smallest absolute Gasteiger partial charge is 0.242 e. The van der Waals surface area contributed by atoms with Crippen LogP contribution in [0.4, 0.5) is 0 Å². The van der Waals surface area contributed by atoms with Crippen molar-refractivity contribution in [2.75, 3.05) is 39.8 Å². The molecule has 0 N–H and O–H groups in total. The van der Waals surface area contributed by atoms with Gasteiger partial charge >= 0.3 is 0 Å². The first kappa shape index (κ1) is 18.5.